The third kappa shape index (κ3) is 3.12. The van der Waals surface area contributed by atoms with E-state index in [0.29, 0.717) is 0 Å². The topological polar surface area (TPSA) is 71.5 Å². The number of anilines is 1. The molecule has 0 unspecified atom stereocenters. The van der Waals surface area contributed by atoms with Crippen LogP contribution >= 0.6 is 0 Å². The molecule has 0 aromatic heterocycles. The number of hydrogen-bond donors (Lipinski definition) is 0. The predicted molar refractivity (Wildman–Crippen MR) is 81.5 cm³/mol. The number of rotatable bonds is 4. The Morgan fingerprint density at radius 1 is 0.909 bits per heavy atom. The third-order valence-corrected chi connectivity index (χ3v) is 5.96. The first kappa shape index (κ1) is 16.4. The second-order valence-corrected chi connectivity index (χ2v) is 8.66. The smallest absolute Gasteiger partial charge is 0.264 e. The van der Waals surface area contributed by atoms with Crippen LogP contribution in [0.1, 0.15) is 0 Å². The van der Waals surface area contributed by atoms with Gasteiger partial charge in [0.1, 0.15) is 5.82 Å². The van der Waals surface area contributed by atoms with Gasteiger partial charge >= 0.3 is 0 Å². The lowest BCUT2D eigenvalue weighted by Gasteiger charge is -2.20. The van der Waals surface area contributed by atoms with Crippen molar-refractivity contribution in [3.63, 3.8) is 0 Å². The maximum Gasteiger partial charge on any atom is 0.264 e. The van der Waals surface area contributed by atoms with Gasteiger partial charge in [0.2, 0.25) is 0 Å². The quantitative estimate of drug-likeness (QED) is 0.852. The maximum atomic E-state index is 13.8. The van der Waals surface area contributed by atoms with Gasteiger partial charge in [0.15, 0.2) is 9.84 Å². The van der Waals surface area contributed by atoms with Gasteiger partial charge in [-0.25, -0.2) is 21.2 Å². The molecule has 2 aromatic rings. The molecule has 0 amide bonds. The molecule has 5 nitrogen and oxygen atoms in total. The van der Waals surface area contributed by atoms with Crippen molar-refractivity contribution in [2.45, 2.75) is 9.79 Å². The number of nitrogens with zero attached hydrogens (tertiary/aromatic N) is 1. The molecule has 2 aromatic carbocycles. The van der Waals surface area contributed by atoms with E-state index in [2.05, 4.69) is 0 Å². The fourth-order valence-electron chi connectivity index (χ4n) is 1.86. The first-order valence-corrected chi connectivity index (χ1v) is 9.51. The van der Waals surface area contributed by atoms with Crippen LogP contribution in [0.3, 0.4) is 0 Å². The van der Waals surface area contributed by atoms with E-state index in [1.165, 1.54) is 43.4 Å². The molecular formula is C14H14FNO4S2. The van der Waals surface area contributed by atoms with Crippen molar-refractivity contribution in [2.75, 3.05) is 17.6 Å². The second-order valence-electron chi connectivity index (χ2n) is 4.67. The average Bonchev–Trinajstić information content (AvgIpc) is 2.46. The monoisotopic (exact) mass is 343 g/mol. The number of hydrogen-bond acceptors (Lipinski definition) is 4. The Labute approximate surface area is 129 Å². The zero-order valence-electron chi connectivity index (χ0n) is 11.9. The van der Waals surface area contributed by atoms with E-state index in [1.54, 1.807) is 0 Å². The van der Waals surface area contributed by atoms with Gasteiger partial charge in [0.05, 0.1) is 15.5 Å². The maximum absolute atomic E-state index is 13.8. The molecule has 8 heteroatoms. The Bertz CT molecular complexity index is 908. The summed E-state index contributed by atoms with van der Waals surface area (Å²) in [7, 11) is -6.40. The predicted octanol–water partition coefficient (Wildman–Crippen LogP) is 2.05. The average molecular weight is 343 g/mol. The minimum Gasteiger partial charge on any atom is -0.266 e. The van der Waals surface area contributed by atoms with Crippen LogP contribution in [0.5, 0.6) is 0 Å². The molecule has 0 radical (unpaired) electrons. The molecule has 0 saturated heterocycles. The summed E-state index contributed by atoms with van der Waals surface area (Å²) in [6, 6.07) is 10.4. The van der Waals surface area contributed by atoms with Crippen molar-refractivity contribution in [1.82, 2.24) is 0 Å². The molecule has 0 bridgehead atoms. The largest absolute Gasteiger partial charge is 0.266 e. The molecule has 0 aliphatic carbocycles. The Morgan fingerprint density at radius 2 is 1.50 bits per heavy atom. The molecule has 0 heterocycles. The van der Waals surface area contributed by atoms with E-state index < -0.39 is 25.7 Å². The highest BCUT2D eigenvalue weighted by atomic mass is 32.2. The van der Waals surface area contributed by atoms with E-state index in [9.17, 15) is 21.2 Å². The molecular weight excluding hydrogens is 329 g/mol. The van der Waals surface area contributed by atoms with Gasteiger partial charge in [0.25, 0.3) is 10.0 Å². The highest BCUT2D eigenvalue weighted by molar-refractivity contribution is 7.93. The van der Waals surface area contributed by atoms with E-state index in [0.717, 1.165) is 22.7 Å². The molecule has 0 spiro atoms. The molecule has 0 aliphatic heterocycles. The minimum absolute atomic E-state index is 0.115. The summed E-state index contributed by atoms with van der Waals surface area (Å²) in [4.78, 5) is -0.336. The van der Waals surface area contributed by atoms with Crippen molar-refractivity contribution in [3.05, 3.63) is 54.3 Å². The molecule has 0 aliphatic rings. The standard InChI is InChI=1S/C14H14FNO4S2/c1-16(14-9-4-3-8-13(14)15)22(19,20)12-7-5-6-11(10-12)21(2,17)18/h3-10H,1-2H3. The lowest BCUT2D eigenvalue weighted by atomic mass is 10.3. The molecule has 22 heavy (non-hydrogen) atoms. The number of sulfonamides is 1. The van der Waals surface area contributed by atoms with Gasteiger partial charge in [-0.15, -0.1) is 0 Å². The first-order chi connectivity index (χ1) is 10.1. The summed E-state index contributed by atoms with van der Waals surface area (Å²) in [5, 5.41) is 0. The van der Waals surface area contributed by atoms with Gasteiger partial charge in [-0.2, -0.15) is 0 Å². The van der Waals surface area contributed by atoms with Crippen LogP contribution in [0, 0.1) is 5.82 Å². The highest BCUT2D eigenvalue weighted by Crippen LogP contribution is 2.25. The zero-order chi connectivity index (χ0) is 16.5. The second kappa shape index (κ2) is 5.69. The van der Waals surface area contributed by atoms with Gasteiger partial charge < -0.3 is 0 Å². The van der Waals surface area contributed by atoms with Crippen LogP contribution in [-0.2, 0) is 19.9 Å². The number of sulfone groups is 1. The lowest BCUT2D eigenvalue weighted by Crippen LogP contribution is -2.27. The summed E-state index contributed by atoms with van der Waals surface area (Å²) in [6.45, 7) is 0. The van der Waals surface area contributed by atoms with Crippen LogP contribution in [0.25, 0.3) is 0 Å². The van der Waals surface area contributed by atoms with Crippen molar-refractivity contribution < 1.29 is 21.2 Å². The van der Waals surface area contributed by atoms with Crippen LogP contribution < -0.4 is 4.31 Å². The normalized spacial score (nSPS) is 12.1. The van der Waals surface area contributed by atoms with E-state index in [1.807, 2.05) is 0 Å². The summed E-state index contributed by atoms with van der Waals surface area (Å²) >= 11 is 0. The van der Waals surface area contributed by atoms with Crippen molar-refractivity contribution in [1.29, 1.82) is 0 Å². The van der Waals surface area contributed by atoms with Gasteiger partial charge in [-0.05, 0) is 30.3 Å². The van der Waals surface area contributed by atoms with Crippen LogP contribution in [0.15, 0.2) is 58.3 Å². The molecule has 0 saturated carbocycles. The Morgan fingerprint density at radius 3 is 2.09 bits per heavy atom. The van der Waals surface area contributed by atoms with Crippen LogP contribution in [-0.4, -0.2) is 30.1 Å². The summed E-state index contributed by atoms with van der Waals surface area (Å²) in [6.07, 6.45) is 0.985. The Hall–Kier alpha value is -1.93. The van der Waals surface area contributed by atoms with Gasteiger partial charge in [-0.1, -0.05) is 18.2 Å². The summed E-state index contributed by atoms with van der Waals surface area (Å²) in [5.41, 5.74) is -0.118. The Kier molecular flexibility index (Phi) is 4.25. The van der Waals surface area contributed by atoms with Crippen molar-refractivity contribution in [3.8, 4) is 0 Å². The summed E-state index contributed by atoms with van der Waals surface area (Å²) < 4.78 is 62.7. The fraction of sp³-hybridized carbons (Fsp3) is 0.143. The van der Waals surface area contributed by atoms with E-state index in [4.69, 9.17) is 0 Å². The SMILES string of the molecule is CN(c1ccccc1F)S(=O)(=O)c1cccc(S(C)(=O)=O)c1. The van der Waals surface area contributed by atoms with E-state index >= 15 is 0 Å². The third-order valence-electron chi connectivity index (χ3n) is 3.08. The Balaban J connectivity index is 2.54. The minimum atomic E-state index is -4.07. The van der Waals surface area contributed by atoms with Crippen molar-refractivity contribution in [2.24, 2.45) is 0 Å². The first-order valence-electron chi connectivity index (χ1n) is 6.17. The zero-order valence-corrected chi connectivity index (χ0v) is 13.5. The number of halogens is 1. The molecule has 118 valence electrons. The number of para-hydroxylation sites is 1. The van der Waals surface area contributed by atoms with Gasteiger partial charge in [-0.3, -0.25) is 4.31 Å². The lowest BCUT2D eigenvalue weighted by molar-refractivity contribution is 0.589. The molecule has 0 fully saturated rings. The highest BCUT2D eigenvalue weighted by Gasteiger charge is 2.24. The van der Waals surface area contributed by atoms with Crippen LogP contribution in [0.4, 0.5) is 10.1 Å². The summed E-state index contributed by atoms with van der Waals surface area (Å²) in [5.74, 6) is -0.687. The van der Waals surface area contributed by atoms with Crippen molar-refractivity contribution >= 4 is 25.5 Å². The number of benzene rings is 2. The molecule has 0 atom stereocenters. The van der Waals surface area contributed by atoms with Crippen LogP contribution in [0.2, 0.25) is 0 Å². The fourth-order valence-corrected chi connectivity index (χ4v) is 3.85. The van der Waals surface area contributed by atoms with E-state index in [-0.39, 0.29) is 15.5 Å². The molecule has 2 rings (SSSR count). The molecule has 0 N–H and O–H groups in total. The van der Waals surface area contributed by atoms with Gasteiger partial charge in [0, 0.05) is 13.3 Å².